The van der Waals surface area contributed by atoms with Gasteiger partial charge in [-0.05, 0) is 42.8 Å². The normalized spacial score (nSPS) is 16.5. The van der Waals surface area contributed by atoms with Crippen molar-refractivity contribution in [2.24, 2.45) is 0 Å². The first-order chi connectivity index (χ1) is 12.0. The van der Waals surface area contributed by atoms with Crippen molar-refractivity contribution < 1.29 is 9.59 Å². The lowest BCUT2D eigenvalue weighted by Gasteiger charge is -2.19. The number of nitrogen functional groups attached to an aromatic ring is 1. The van der Waals surface area contributed by atoms with Crippen LogP contribution in [0.2, 0.25) is 0 Å². The zero-order chi connectivity index (χ0) is 17.8. The molecule has 4 N–H and O–H groups in total. The molecule has 1 atom stereocenters. The van der Waals surface area contributed by atoms with Gasteiger partial charge in [-0.1, -0.05) is 24.8 Å². The van der Waals surface area contributed by atoms with E-state index in [-0.39, 0.29) is 17.2 Å². The van der Waals surface area contributed by atoms with Gasteiger partial charge in [0.25, 0.3) is 11.1 Å². The van der Waals surface area contributed by atoms with Crippen molar-refractivity contribution in [3.8, 4) is 0 Å². The molecule has 130 valence electrons. The molecule has 2 aromatic carbocycles. The van der Waals surface area contributed by atoms with Gasteiger partial charge in [-0.25, -0.2) is 0 Å². The number of anilines is 3. The zero-order valence-electron chi connectivity index (χ0n) is 13.6. The number of nitrogens with zero attached hydrogens (tertiary/aromatic N) is 1. The predicted octanol–water partition coefficient (Wildman–Crippen LogP) is 2.74. The molecule has 1 fully saturated rings. The Kier molecular flexibility index (Phi) is 5.14. The standard InChI is InChI=1S/C18H20N4O2S/c19-15-3-1-2-4-16(15)21-17(23)12-5-7-14(8-6-12)22-10-9-13(11-22)20-18(24)25/h1-8,13H,9-11,19H2,(H,21,23)(H2,20,24,25)/t13-/m0/s1. The third-order valence-electron chi connectivity index (χ3n) is 4.22. The second kappa shape index (κ2) is 7.48. The Hall–Kier alpha value is -2.67. The van der Waals surface area contributed by atoms with Crippen LogP contribution in [-0.4, -0.2) is 30.3 Å². The number of carbonyl (C=O) groups is 2. The molecule has 6 nitrogen and oxygen atoms in total. The maximum Gasteiger partial charge on any atom is 0.276 e. The van der Waals surface area contributed by atoms with Crippen molar-refractivity contribution in [1.29, 1.82) is 0 Å². The molecule has 0 bridgehead atoms. The summed E-state index contributed by atoms with van der Waals surface area (Å²) in [6.45, 7) is 1.59. The van der Waals surface area contributed by atoms with E-state index in [0.29, 0.717) is 16.9 Å². The number of nitrogens with two attached hydrogens (primary N) is 1. The highest BCUT2D eigenvalue weighted by atomic mass is 32.1. The first-order valence-electron chi connectivity index (χ1n) is 8.03. The van der Waals surface area contributed by atoms with Gasteiger partial charge in [0.1, 0.15) is 0 Å². The Morgan fingerprint density at radius 1 is 1.12 bits per heavy atom. The minimum absolute atomic E-state index is 0.106. The number of benzene rings is 2. The van der Waals surface area contributed by atoms with Gasteiger partial charge in [0.2, 0.25) is 0 Å². The topological polar surface area (TPSA) is 87.5 Å². The summed E-state index contributed by atoms with van der Waals surface area (Å²) in [5, 5.41) is 5.32. The van der Waals surface area contributed by atoms with Crippen LogP contribution in [0.5, 0.6) is 0 Å². The molecular formula is C18H20N4O2S. The molecule has 1 aliphatic rings. The maximum absolute atomic E-state index is 12.3. The summed E-state index contributed by atoms with van der Waals surface area (Å²) >= 11 is 3.75. The van der Waals surface area contributed by atoms with E-state index in [2.05, 4.69) is 28.2 Å². The number of amides is 2. The van der Waals surface area contributed by atoms with E-state index in [9.17, 15) is 9.59 Å². The molecule has 1 saturated heterocycles. The Labute approximate surface area is 151 Å². The van der Waals surface area contributed by atoms with E-state index in [1.54, 1.807) is 24.3 Å². The highest BCUT2D eigenvalue weighted by Gasteiger charge is 2.23. The van der Waals surface area contributed by atoms with Gasteiger partial charge >= 0.3 is 0 Å². The summed E-state index contributed by atoms with van der Waals surface area (Å²) in [6, 6.07) is 14.6. The van der Waals surface area contributed by atoms with Gasteiger partial charge in [0, 0.05) is 30.4 Å². The maximum atomic E-state index is 12.3. The second-order valence-corrected chi connectivity index (χ2v) is 6.38. The summed E-state index contributed by atoms with van der Waals surface area (Å²) in [5.74, 6) is -0.203. The number of carbonyl (C=O) groups excluding carboxylic acids is 2. The number of rotatable bonds is 4. The molecule has 3 rings (SSSR count). The second-order valence-electron chi connectivity index (χ2n) is 5.97. The lowest BCUT2D eigenvalue weighted by molar-refractivity contribution is 0.102. The Balaban J connectivity index is 1.63. The Morgan fingerprint density at radius 2 is 1.84 bits per heavy atom. The fraction of sp³-hybridized carbons (Fsp3) is 0.222. The van der Waals surface area contributed by atoms with Crippen LogP contribution in [0.1, 0.15) is 16.8 Å². The van der Waals surface area contributed by atoms with Crippen molar-refractivity contribution in [2.45, 2.75) is 12.5 Å². The van der Waals surface area contributed by atoms with Crippen LogP contribution in [0.4, 0.5) is 21.9 Å². The fourth-order valence-electron chi connectivity index (χ4n) is 2.92. The number of thiol groups is 1. The SMILES string of the molecule is Nc1ccccc1NC(=O)c1ccc(N2CC[C@H](NC(=O)S)C2)cc1. The van der Waals surface area contributed by atoms with E-state index in [1.807, 2.05) is 24.3 Å². The van der Waals surface area contributed by atoms with Crippen LogP contribution < -0.4 is 21.3 Å². The number of hydrogen-bond acceptors (Lipinski definition) is 4. The minimum atomic E-state index is -0.306. The number of para-hydroxylation sites is 2. The molecule has 2 amide bonds. The average Bonchev–Trinajstić information content (AvgIpc) is 3.05. The molecular weight excluding hydrogens is 336 g/mol. The Bertz CT molecular complexity index is 779. The van der Waals surface area contributed by atoms with Crippen LogP contribution in [0.3, 0.4) is 0 Å². The quantitative estimate of drug-likeness (QED) is 0.501. The molecule has 2 aromatic rings. The highest BCUT2D eigenvalue weighted by Crippen LogP contribution is 2.22. The van der Waals surface area contributed by atoms with Crippen molar-refractivity contribution in [3.05, 3.63) is 54.1 Å². The largest absolute Gasteiger partial charge is 0.397 e. The van der Waals surface area contributed by atoms with E-state index < -0.39 is 0 Å². The summed E-state index contributed by atoms with van der Waals surface area (Å²) < 4.78 is 0. The fourth-order valence-corrected chi connectivity index (χ4v) is 3.10. The molecule has 1 heterocycles. The zero-order valence-corrected chi connectivity index (χ0v) is 14.5. The van der Waals surface area contributed by atoms with Gasteiger partial charge in [-0.2, -0.15) is 0 Å². The number of hydrogen-bond donors (Lipinski definition) is 4. The monoisotopic (exact) mass is 356 g/mol. The molecule has 0 aliphatic carbocycles. The molecule has 0 unspecified atom stereocenters. The van der Waals surface area contributed by atoms with Crippen molar-refractivity contribution in [2.75, 3.05) is 29.0 Å². The van der Waals surface area contributed by atoms with Crippen LogP contribution in [0, 0.1) is 0 Å². The first kappa shape index (κ1) is 17.2. The molecule has 25 heavy (non-hydrogen) atoms. The van der Waals surface area contributed by atoms with E-state index in [1.165, 1.54) is 0 Å². The Morgan fingerprint density at radius 3 is 2.52 bits per heavy atom. The third-order valence-corrected chi connectivity index (χ3v) is 4.35. The van der Waals surface area contributed by atoms with Crippen LogP contribution >= 0.6 is 12.6 Å². The summed E-state index contributed by atoms with van der Waals surface area (Å²) in [6.07, 6.45) is 0.877. The van der Waals surface area contributed by atoms with Crippen molar-refractivity contribution in [1.82, 2.24) is 5.32 Å². The molecule has 0 aromatic heterocycles. The van der Waals surface area contributed by atoms with Gasteiger partial charge in [-0.3, -0.25) is 9.59 Å². The molecule has 1 aliphatic heterocycles. The molecule has 7 heteroatoms. The predicted molar refractivity (Wildman–Crippen MR) is 103 cm³/mol. The number of nitrogens with one attached hydrogen (secondary N) is 2. The molecule has 0 radical (unpaired) electrons. The van der Waals surface area contributed by atoms with Gasteiger partial charge in [0.05, 0.1) is 11.4 Å². The highest BCUT2D eigenvalue weighted by molar-refractivity contribution is 7.96. The van der Waals surface area contributed by atoms with Gasteiger partial charge in [-0.15, -0.1) is 0 Å². The van der Waals surface area contributed by atoms with Crippen LogP contribution in [0.25, 0.3) is 0 Å². The minimum Gasteiger partial charge on any atom is -0.397 e. The summed E-state index contributed by atoms with van der Waals surface area (Å²) in [5.41, 5.74) is 8.55. The van der Waals surface area contributed by atoms with E-state index >= 15 is 0 Å². The first-order valence-corrected chi connectivity index (χ1v) is 8.48. The molecule has 0 spiro atoms. The summed E-state index contributed by atoms with van der Waals surface area (Å²) in [4.78, 5) is 25.5. The average molecular weight is 356 g/mol. The van der Waals surface area contributed by atoms with Crippen molar-refractivity contribution >= 4 is 40.8 Å². The summed E-state index contributed by atoms with van der Waals surface area (Å²) in [7, 11) is 0. The smallest absolute Gasteiger partial charge is 0.276 e. The van der Waals surface area contributed by atoms with Crippen LogP contribution in [-0.2, 0) is 0 Å². The van der Waals surface area contributed by atoms with E-state index in [4.69, 9.17) is 5.73 Å². The molecule has 0 saturated carbocycles. The van der Waals surface area contributed by atoms with Crippen LogP contribution in [0.15, 0.2) is 48.5 Å². The van der Waals surface area contributed by atoms with E-state index in [0.717, 1.165) is 25.2 Å². The van der Waals surface area contributed by atoms with Gasteiger partial charge in [0.15, 0.2) is 0 Å². The lowest BCUT2D eigenvalue weighted by atomic mass is 10.1. The van der Waals surface area contributed by atoms with Gasteiger partial charge < -0.3 is 21.3 Å². The van der Waals surface area contributed by atoms with Crippen molar-refractivity contribution in [3.63, 3.8) is 0 Å². The lowest BCUT2D eigenvalue weighted by Crippen LogP contribution is -2.34. The third kappa shape index (κ3) is 4.24.